The summed E-state index contributed by atoms with van der Waals surface area (Å²) in [4.78, 5) is 20.9. The lowest BCUT2D eigenvalue weighted by Gasteiger charge is -2.14. The Hall–Kier alpha value is -1.47. The van der Waals surface area contributed by atoms with E-state index in [-0.39, 0.29) is 17.7 Å². The second-order valence-electron chi connectivity index (χ2n) is 3.95. The van der Waals surface area contributed by atoms with Crippen molar-refractivity contribution < 1.29 is 19.9 Å². The molecule has 98 valence electrons. The summed E-state index contributed by atoms with van der Waals surface area (Å²) in [5.74, 6) is -1.82. The SMILES string of the molecule is CC(CC(O)c1ccc(Br)cc1[N+](=O)[O-])C(=O)O. The first-order valence-electron chi connectivity index (χ1n) is 5.17. The number of carbonyl (C=O) groups is 1. The Bertz CT molecular complexity index is 477. The summed E-state index contributed by atoms with van der Waals surface area (Å²) in [6.45, 7) is 1.44. The Kier molecular flexibility index (Phi) is 4.80. The maximum atomic E-state index is 10.9. The number of hydrogen-bond acceptors (Lipinski definition) is 4. The van der Waals surface area contributed by atoms with Crippen molar-refractivity contribution in [2.75, 3.05) is 0 Å². The molecule has 0 bridgehead atoms. The van der Waals surface area contributed by atoms with E-state index >= 15 is 0 Å². The van der Waals surface area contributed by atoms with Gasteiger partial charge in [0.25, 0.3) is 5.69 Å². The largest absolute Gasteiger partial charge is 0.481 e. The van der Waals surface area contributed by atoms with Crippen molar-refractivity contribution in [2.24, 2.45) is 5.92 Å². The maximum absolute atomic E-state index is 10.9. The van der Waals surface area contributed by atoms with Gasteiger partial charge < -0.3 is 10.2 Å². The van der Waals surface area contributed by atoms with Crippen LogP contribution in [0.25, 0.3) is 0 Å². The fraction of sp³-hybridized carbons (Fsp3) is 0.364. The Morgan fingerprint density at radius 3 is 2.67 bits per heavy atom. The van der Waals surface area contributed by atoms with Crippen LogP contribution in [-0.2, 0) is 4.79 Å². The lowest BCUT2D eigenvalue weighted by molar-refractivity contribution is -0.386. The van der Waals surface area contributed by atoms with Gasteiger partial charge in [-0.15, -0.1) is 0 Å². The van der Waals surface area contributed by atoms with Gasteiger partial charge in [-0.2, -0.15) is 0 Å². The first-order chi connectivity index (χ1) is 8.32. The Balaban J connectivity index is 3.01. The molecule has 0 heterocycles. The third-order valence-electron chi connectivity index (χ3n) is 2.55. The van der Waals surface area contributed by atoms with Crippen molar-refractivity contribution in [2.45, 2.75) is 19.4 Å². The minimum atomic E-state index is -1.18. The number of carboxylic acids is 1. The molecule has 0 spiro atoms. The highest BCUT2D eigenvalue weighted by Crippen LogP contribution is 2.31. The molecule has 0 fully saturated rings. The zero-order valence-electron chi connectivity index (χ0n) is 9.54. The molecule has 1 aromatic rings. The smallest absolute Gasteiger partial charge is 0.306 e. The molecule has 0 saturated heterocycles. The number of hydrogen-bond donors (Lipinski definition) is 2. The van der Waals surface area contributed by atoms with Gasteiger partial charge >= 0.3 is 5.97 Å². The Morgan fingerprint density at radius 2 is 2.17 bits per heavy atom. The van der Waals surface area contributed by atoms with E-state index in [4.69, 9.17) is 5.11 Å². The normalized spacial score (nSPS) is 13.9. The van der Waals surface area contributed by atoms with Gasteiger partial charge in [-0.3, -0.25) is 14.9 Å². The van der Waals surface area contributed by atoms with Crippen LogP contribution in [0.1, 0.15) is 25.0 Å². The number of aliphatic carboxylic acids is 1. The van der Waals surface area contributed by atoms with Crippen LogP contribution < -0.4 is 0 Å². The van der Waals surface area contributed by atoms with Crippen molar-refractivity contribution in [3.8, 4) is 0 Å². The van der Waals surface area contributed by atoms with Crippen LogP contribution in [0.3, 0.4) is 0 Å². The molecule has 1 rings (SSSR count). The number of aliphatic hydroxyl groups excluding tert-OH is 1. The minimum Gasteiger partial charge on any atom is -0.481 e. The van der Waals surface area contributed by atoms with Crippen LogP contribution in [-0.4, -0.2) is 21.1 Å². The first-order valence-corrected chi connectivity index (χ1v) is 5.97. The molecule has 1 aromatic carbocycles. The standard InChI is InChI=1S/C11H12BrNO5/c1-6(11(15)16)4-10(14)8-3-2-7(12)5-9(8)13(17)18/h2-3,5-6,10,14H,4H2,1H3,(H,15,16). The highest BCUT2D eigenvalue weighted by Gasteiger charge is 2.24. The lowest BCUT2D eigenvalue weighted by Crippen LogP contribution is -2.14. The molecule has 2 unspecified atom stereocenters. The number of nitrogens with zero attached hydrogens (tertiary/aromatic N) is 1. The van der Waals surface area contributed by atoms with Gasteiger partial charge in [-0.1, -0.05) is 22.9 Å². The predicted molar refractivity (Wildman–Crippen MR) is 67.2 cm³/mol. The average Bonchev–Trinajstić information content (AvgIpc) is 2.28. The summed E-state index contributed by atoms with van der Waals surface area (Å²) in [5.41, 5.74) is -0.106. The second kappa shape index (κ2) is 5.92. The van der Waals surface area contributed by atoms with Crippen molar-refractivity contribution in [3.05, 3.63) is 38.3 Å². The van der Waals surface area contributed by atoms with E-state index in [1.807, 2.05) is 0 Å². The topological polar surface area (TPSA) is 101 Å². The van der Waals surface area contributed by atoms with Crippen molar-refractivity contribution in [3.63, 3.8) is 0 Å². The van der Waals surface area contributed by atoms with E-state index in [2.05, 4.69) is 15.9 Å². The second-order valence-corrected chi connectivity index (χ2v) is 4.87. The van der Waals surface area contributed by atoms with Crippen LogP contribution >= 0.6 is 15.9 Å². The Morgan fingerprint density at radius 1 is 1.56 bits per heavy atom. The van der Waals surface area contributed by atoms with Crippen molar-refractivity contribution in [1.29, 1.82) is 0 Å². The van der Waals surface area contributed by atoms with E-state index in [9.17, 15) is 20.0 Å². The van der Waals surface area contributed by atoms with Crippen LogP contribution in [0.5, 0.6) is 0 Å². The van der Waals surface area contributed by atoms with Gasteiger partial charge in [-0.05, 0) is 18.6 Å². The summed E-state index contributed by atoms with van der Waals surface area (Å²) in [5, 5.41) is 29.5. The van der Waals surface area contributed by atoms with Gasteiger partial charge in [0.1, 0.15) is 0 Å². The Labute approximate surface area is 112 Å². The van der Waals surface area contributed by atoms with Gasteiger partial charge in [-0.25, -0.2) is 0 Å². The highest BCUT2D eigenvalue weighted by atomic mass is 79.9. The van der Waals surface area contributed by atoms with Crippen LogP contribution in [0.4, 0.5) is 5.69 Å². The first kappa shape index (κ1) is 14.6. The number of rotatable bonds is 5. The van der Waals surface area contributed by atoms with Crippen molar-refractivity contribution >= 4 is 27.6 Å². The van der Waals surface area contributed by atoms with E-state index in [0.717, 1.165) is 0 Å². The molecule has 7 heteroatoms. The van der Waals surface area contributed by atoms with Gasteiger partial charge in [0.2, 0.25) is 0 Å². The predicted octanol–water partition coefficient (Wildman–Crippen LogP) is 2.50. The number of nitro groups is 1. The summed E-state index contributed by atoms with van der Waals surface area (Å²) >= 11 is 3.11. The molecule has 0 aliphatic heterocycles. The molecule has 0 radical (unpaired) electrons. The fourth-order valence-electron chi connectivity index (χ4n) is 1.52. The molecule has 18 heavy (non-hydrogen) atoms. The molecular formula is C11H12BrNO5. The molecular weight excluding hydrogens is 306 g/mol. The zero-order chi connectivity index (χ0) is 13.9. The van der Waals surface area contributed by atoms with E-state index < -0.39 is 22.9 Å². The van der Waals surface area contributed by atoms with Gasteiger partial charge in [0, 0.05) is 10.5 Å². The number of benzene rings is 1. The lowest BCUT2D eigenvalue weighted by atomic mass is 9.97. The summed E-state index contributed by atoms with van der Waals surface area (Å²) in [6, 6.07) is 4.27. The van der Waals surface area contributed by atoms with Crippen LogP contribution in [0.2, 0.25) is 0 Å². The average molecular weight is 318 g/mol. The zero-order valence-corrected chi connectivity index (χ0v) is 11.1. The summed E-state index contributed by atoms with van der Waals surface area (Å²) < 4.78 is 0.524. The van der Waals surface area contributed by atoms with Crippen LogP contribution in [0, 0.1) is 16.0 Å². The molecule has 0 aromatic heterocycles. The van der Waals surface area contributed by atoms with Gasteiger partial charge in [0.05, 0.1) is 22.5 Å². The number of nitro benzene ring substituents is 1. The third-order valence-corrected chi connectivity index (χ3v) is 3.04. The number of carboxylic acid groups (broad SMARTS) is 1. The number of aliphatic hydroxyl groups is 1. The maximum Gasteiger partial charge on any atom is 0.306 e. The molecule has 2 atom stereocenters. The third kappa shape index (κ3) is 3.51. The van der Waals surface area contributed by atoms with E-state index in [1.54, 1.807) is 6.07 Å². The monoisotopic (exact) mass is 317 g/mol. The highest BCUT2D eigenvalue weighted by molar-refractivity contribution is 9.10. The molecule has 0 aliphatic rings. The molecule has 2 N–H and O–H groups in total. The summed E-state index contributed by atoms with van der Waals surface area (Å²) in [6.07, 6.45) is -1.25. The minimum absolute atomic E-state index is 0.0716. The van der Waals surface area contributed by atoms with E-state index in [1.165, 1.54) is 19.1 Å². The molecule has 6 nitrogen and oxygen atoms in total. The fourth-order valence-corrected chi connectivity index (χ4v) is 1.87. The number of halogens is 1. The van der Waals surface area contributed by atoms with Crippen molar-refractivity contribution in [1.82, 2.24) is 0 Å². The summed E-state index contributed by atoms with van der Waals surface area (Å²) in [7, 11) is 0. The quantitative estimate of drug-likeness (QED) is 0.641. The molecule has 0 saturated carbocycles. The molecule has 0 aliphatic carbocycles. The molecule has 0 amide bonds. The van der Waals surface area contributed by atoms with E-state index in [0.29, 0.717) is 4.47 Å². The van der Waals surface area contributed by atoms with Crippen LogP contribution in [0.15, 0.2) is 22.7 Å². The van der Waals surface area contributed by atoms with Gasteiger partial charge in [0.15, 0.2) is 0 Å².